The summed E-state index contributed by atoms with van der Waals surface area (Å²) >= 11 is 3.32. The Morgan fingerprint density at radius 2 is 2.03 bits per heavy atom. The van der Waals surface area contributed by atoms with Crippen molar-refractivity contribution in [3.05, 3.63) is 28.4 Å². The molecule has 2 fully saturated rings. The molecule has 0 radical (unpaired) electrons. The minimum absolute atomic E-state index is 0.0293. The number of carboxylic acids is 1. The molecule has 0 saturated carbocycles. The lowest BCUT2D eigenvalue weighted by molar-refractivity contribution is -0.192. The predicted octanol–water partition coefficient (Wildman–Crippen LogP) is 2.77. The van der Waals surface area contributed by atoms with Gasteiger partial charge < -0.3 is 14.9 Å². The highest BCUT2D eigenvalue weighted by Crippen LogP contribution is 2.36. The standard InChI is InChI=1S/C15H18N4OS2.C2HF3O2/c1-17-8-13(20)19(12-2-6-21-9-12)11-15(17)3-5-18(10-15)14-16-4-7-22-14;3-2(4,5)1(6)7/h2,4,6-7,9H,3,5,8,10-11H2,1H3;(H,6,7). The molecule has 1 spiro atoms. The van der Waals surface area contributed by atoms with Gasteiger partial charge in [-0.2, -0.15) is 24.5 Å². The van der Waals surface area contributed by atoms with Crippen LogP contribution < -0.4 is 9.80 Å². The average Bonchev–Trinajstić information content (AvgIpc) is 3.39. The van der Waals surface area contributed by atoms with Crippen molar-refractivity contribution in [3.8, 4) is 0 Å². The van der Waals surface area contributed by atoms with Gasteiger partial charge in [-0.3, -0.25) is 9.69 Å². The number of halogens is 3. The minimum Gasteiger partial charge on any atom is -0.475 e. The molecule has 4 heterocycles. The fraction of sp³-hybridized carbons (Fsp3) is 0.471. The van der Waals surface area contributed by atoms with Gasteiger partial charge in [0.05, 0.1) is 17.8 Å². The van der Waals surface area contributed by atoms with E-state index in [1.54, 1.807) is 22.7 Å². The van der Waals surface area contributed by atoms with Crippen molar-refractivity contribution in [2.24, 2.45) is 0 Å². The molecule has 1 atom stereocenters. The zero-order valence-corrected chi connectivity index (χ0v) is 17.1. The van der Waals surface area contributed by atoms with E-state index in [2.05, 4.69) is 27.2 Å². The number of carbonyl (C=O) groups excluding carboxylic acids is 1. The molecule has 158 valence electrons. The van der Waals surface area contributed by atoms with Crippen LogP contribution in [0.25, 0.3) is 0 Å². The van der Waals surface area contributed by atoms with E-state index >= 15 is 0 Å². The van der Waals surface area contributed by atoms with E-state index in [-0.39, 0.29) is 11.4 Å². The van der Waals surface area contributed by atoms with Crippen LogP contribution in [0.2, 0.25) is 0 Å². The first kappa shape index (κ1) is 21.5. The summed E-state index contributed by atoms with van der Waals surface area (Å²) in [7, 11) is 2.08. The summed E-state index contributed by atoms with van der Waals surface area (Å²) in [5.41, 5.74) is 1.07. The molecule has 12 heteroatoms. The van der Waals surface area contributed by atoms with Gasteiger partial charge in [-0.15, -0.1) is 11.3 Å². The van der Waals surface area contributed by atoms with Crippen LogP contribution in [0, 0.1) is 0 Å². The highest BCUT2D eigenvalue weighted by atomic mass is 32.1. The Hall–Kier alpha value is -2.18. The summed E-state index contributed by atoms with van der Waals surface area (Å²) in [4.78, 5) is 32.3. The zero-order chi connectivity index (χ0) is 21.2. The number of thiophene rings is 1. The minimum atomic E-state index is -5.08. The number of hydrogen-bond donors (Lipinski definition) is 1. The number of carboxylic acid groups (broad SMARTS) is 1. The molecule has 2 aliphatic heterocycles. The Bertz CT molecular complexity index is 845. The number of piperazine rings is 1. The van der Waals surface area contributed by atoms with Crippen LogP contribution in [0.3, 0.4) is 0 Å². The third-order valence-corrected chi connectivity index (χ3v) is 6.52. The van der Waals surface area contributed by atoms with Gasteiger partial charge in [0.2, 0.25) is 5.91 Å². The molecule has 0 bridgehead atoms. The van der Waals surface area contributed by atoms with Crippen LogP contribution in [-0.2, 0) is 9.59 Å². The quantitative estimate of drug-likeness (QED) is 0.762. The number of rotatable bonds is 2. The summed E-state index contributed by atoms with van der Waals surface area (Å²) in [6.07, 6.45) is -2.16. The second-order valence-corrected chi connectivity index (χ2v) is 8.48. The number of likely N-dealkylation sites (N-methyl/N-ethyl adjacent to an activating group) is 1. The molecule has 1 N–H and O–H groups in total. The normalized spacial score (nSPS) is 22.7. The fourth-order valence-corrected chi connectivity index (χ4v) is 4.75. The van der Waals surface area contributed by atoms with Crippen molar-refractivity contribution >= 4 is 45.4 Å². The molecule has 2 aromatic rings. The molecule has 1 unspecified atom stereocenters. The molecule has 0 aliphatic carbocycles. The molecule has 2 aromatic heterocycles. The molecular weight excluding hydrogens is 429 g/mol. The highest BCUT2D eigenvalue weighted by Gasteiger charge is 2.48. The Morgan fingerprint density at radius 1 is 1.31 bits per heavy atom. The Balaban J connectivity index is 0.000000298. The maximum absolute atomic E-state index is 12.4. The van der Waals surface area contributed by atoms with Crippen molar-refractivity contribution in [2.45, 2.75) is 18.1 Å². The first-order valence-electron chi connectivity index (χ1n) is 8.61. The van der Waals surface area contributed by atoms with Gasteiger partial charge in [-0.1, -0.05) is 0 Å². The van der Waals surface area contributed by atoms with E-state index in [9.17, 15) is 18.0 Å². The maximum atomic E-state index is 12.4. The van der Waals surface area contributed by atoms with Crippen LogP contribution in [-0.4, -0.2) is 71.8 Å². The Morgan fingerprint density at radius 3 is 2.59 bits per heavy atom. The molecule has 7 nitrogen and oxygen atoms in total. The van der Waals surface area contributed by atoms with Gasteiger partial charge in [-0.05, 0) is 24.9 Å². The molecule has 29 heavy (non-hydrogen) atoms. The molecule has 2 saturated heterocycles. The molecule has 4 rings (SSSR count). The highest BCUT2D eigenvalue weighted by molar-refractivity contribution is 7.13. The lowest BCUT2D eigenvalue weighted by Gasteiger charge is -2.46. The second kappa shape index (κ2) is 8.28. The summed E-state index contributed by atoms with van der Waals surface area (Å²) in [5, 5.41) is 14.3. The maximum Gasteiger partial charge on any atom is 0.490 e. The molecule has 0 aromatic carbocycles. The number of alkyl halides is 3. The third kappa shape index (κ3) is 4.70. The van der Waals surface area contributed by atoms with Crippen LogP contribution in [0.15, 0.2) is 28.4 Å². The van der Waals surface area contributed by atoms with Crippen molar-refractivity contribution in [3.63, 3.8) is 0 Å². The largest absolute Gasteiger partial charge is 0.490 e. The summed E-state index contributed by atoms with van der Waals surface area (Å²) in [6, 6.07) is 2.04. The van der Waals surface area contributed by atoms with Gasteiger partial charge in [0, 0.05) is 36.6 Å². The third-order valence-electron chi connectivity index (χ3n) is 5.02. The first-order valence-corrected chi connectivity index (χ1v) is 10.4. The van der Waals surface area contributed by atoms with Crippen LogP contribution >= 0.6 is 22.7 Å². The Kier molecular flexibility index (Phi) is 6.15. The van der Waals surface area contributed by atoms with Gasteiger partial charge in [0.1, 0.15) is 0 Å². The lowest BCUT2D eigenvalue weighted by atomic mass is 9.93. The number of carbonyl (C=O) groups is 2. The SMILES string of the molecule is CN1CC(=O)N(c2ccsc2)CC12CCN(c1nccs1)C2.O=C(O)C(F)(F)F. The van der Waals surface area contributed by atoms with E-state index < -0.39 is 12.1 Å². The van der Waals surface area contributed by atoms with E-state index in [1.807, 2.05) is 27.9 Å². The van der Waals surface area contributed by atoms with Crippen molar-refractivity contribution in [1.82, 2.24) is 9.88 Å². The molecule has 2 aliphatic rings. The van der Waals surface area contributed by atoms with E-state index in [4.69, 9.17) is 9.90 Å². The van der Waals surface area contributed by atoms with Crippen molar-refractivity contribution < 1.29 is 27.9 Å². The van der Waals surface area contributed by atoms with E-state index in [0.717, 1.165) is 36.9 Å². The van der Waals surface area contributed by atoms with Gasteiger partial charge in [-0.25, -0.2) is 9.78 Å². The van der Waals surface area contributed by atoms with Gasteiger partial charge >= 0.3 is 12.1 Å². The van der Waals surface area contributed by atoms with Crippen LogP contribution in [0.5, 0.6) is 0 Å². The predicted molar refractivity (Wildman–Crippen MR) is 105 cm³/mol. The summed E-state index contributed by atoms with van der Waals surface area (Å²) in [5.74, 6) is -2.56. The zero-order valence-electron chi connectivity index (χ0n) is 15.4. The fourth-order valence-electron chi connectivity index (χ4n) is 3.44. The van der Waals surface area contributed by atoms with E-state index in [1.165, 1.54) is 0 Å². The molecular formula is C17H19F3N4O3S2. The Labute approximate surface area is 173 Å². The smallest absolute Gasteiger partial charge is 0.475 e. The van der Waals surface area contributed by atoms with Gasteiger partial charge in [0.15, 0.2) is 5.13 Å². The number of hydrogen-bond acceptors (Lipinski definition) is 7. The summed E-state index contributed by atoms with van der Waals surface area (Å²) in [6.45, 7) is 3.19. The summed E-state index contributed by atoms with van der Waals surface area (Å²) < 4.78 is 31.7. The van der Waals surface area contributed by atoms with E-state index in [0.29, 0.717) is 6.54 Å². The number of amides is 1. The monoisotopic (exact) mass is 448 g/mol. The van der Waals surface area contributed by atoms with Crippen LogP contribution in [0.1, 0.15) is 6.42 Å². The topological polar surface area (TPSA) is 77.0 Å². The number of thiazole rings is 1. The molecule has 1 amide bonds. The number of nitrogens with zero attached hydrogens (tertiary/aromatic N) is 4. The first-order chi connectivity index (χ1) is 13.6. The number of aromatic nitrogens is 1. The van der Waals surface area contributed by atoms with Crippen molar-refractivity contribution in [2.75, 3.05) is 43.0 Å². The lowest BCUT2D eigenvalue weighted by Crippen LogP contribution is -2.64. The van der Waals surface area contributed by atoms with Crippen molar-refractivity contribution in [1.29, 1.82) is 0 Å². The van der Waals surface area contributed by atoms with Gasteiger partial charge in [0.25, 0.3) is 0 Å². The second-order valence-electron chi connectivity index (χ2n) is 6.83. The number of anilines is 2. The average molecular weight is 448 g/mol. The number of aliphatic carboxylic acids is 1. The van der Waals surface area contributed by atoms with Crippen LogP contribution in [0.4, 0.5) is 24.0 Å².